The molecule has 1 aliphatic carbocycles. The van der Waals surface area contributed by atoms with Crippen molar-refractivity contribution in [3.8, 4) is 0 Å². The highest BCUT2D eigenvalue weighted by Crippen LogP contribution is 2.31. The zero-order valence-corrected chi connectivity index (χ0v) is 12.9. The van der Waals surface area contributed by atoms with Crippen LogP contribution in [0.2, 0.25) is 0 Å². The maximum atomic E-state index is 13.3. The summed E-state index contributed by atoms with van der Waals surface area (Å²) in [6, 6.07) is 6.16. The lowest BCUT2D eigenvalue weighted by molar-refractivity contribution is 0.102. The minimum atomic E-state index is -0.437. The lowest BCUT2D eigenvalue weighted by Crippen LogP contribution is -2.18. The van der Waals surface area contributed by atoms with Crippen molar-refractivity contribution in [2.45, 2.75) is 31.7 Å². The molecule has 0 radical (unpaired) electrons. The van der Waals surface area contributed by atoms with Crippen LogP contribution in [0.3, 0.4) is 0 Å². The van der Waals surface area contributed by atoms with Crippen molar-refractivity contribution in [2.75, 3.05) is 5.32 Å². The van der Waals surface area contributed by atoms with E-state index in [1.807, 2.05) is 4.68 Å². The van der Waals surface area contributed by atoms with Gasteiger partial charge in [0.05, 0.1) is 17.8 Å². The first kappa shape index (κ1) is 14.3. The molecule has 110 valence electrons. The van der Waals surface area contributed by atoms with E-state index in [0.29, 0.717) is 16.3 Å². The molecule has 6 heteroatoms. The molecule has 1 aromatic heterocycles. The van der Waals surface area contributed by atoms with Crippen LogP contribution in [0.1, 0.15) is 42.1 Å². The lowest BCUT2D eigenvalue weighted by atomic mass is 10.2. The molecule has 1 N–H and O–H groups in total. The molecule has 1 heterocycles. The Morgan fingerprint density at radius 2 is 2.10 bits per heavy atom. The first-order valence-electron chi connectivity index (χ1n) is 6.95. The highest BCUT2D eigenvalue weighted by molar-refractivity contribution is 9.10. The van der Waals surface area contributed by atoms with Crippen LogP contribution >= 0.6 is 15.9 Å². The Morgan fingerprint density at radius 3 is 2.86 bits per heavy atom. The molecule has 0 atom stereocenters. The third kappa shape index (κ3) is 3.00. The van der Waals surface area contributed by atoms with Gasteiger partial charge in [-0.3, -0.25) is 4.79 Å². The summed E-state index contributed by atoms with van der Waals surface area (Å²) < 4.78 is 15.7. The number of amides is 1. The topological polar surface area (TPSA) is 46.9 Å². The molecule has 4 nitrogen and oxygen atoms in total. The van der Waals surface area contributed by atoms with Crippen molar-refractivity contribution in [1.82, 2.24) is 9.78 Å². The standard InChI is InChI=1S/C15H15BrFN3O/c16-13-6-5-10(17)9-12(13)15(21)19-14-7-8-18-20(14)11-3-1-2-4-11/h5-9,11H,1-4H2,(H,19,21). The third-order valence-electron chi connectivity index (χ3n) is 3.76. The van der Waals surface area contributed by atoms with Crippen molar-refractivity contribution >= 4 is 27.7 Å². The van der Waals surface area contributed by atoms with Crippen molar-refractivity contribution in [1.29, 1.82) is 0 Å². The minimum Gasteiger partial charge on any atom is -0.307 e. The number of anilines is 1. The summed E-state index contributed by atoms with van der Waals surface area (Å²) in [5.74, 6) is -0.128. The van der Waals surface area contributed by atoms with E-state index < -0.39 is 5.82 Å². The Kier molecular flexibility index (Phi) is 4.05. The molecule has 0 saturated heterocycles. The monoisotopic (exact) mass is 351 g/mol. The fourth-order valence-electron chi connectivity index (χ4n) is 2.71. The average molecular weight is 352 g/mol. The highest BCUT2D eigenvalue weighted by atomic mass is 79.9. The lowest BCUT2D eigenvalue weighted by Gasteiger charge is -2.15. The number of carbonyl (C=O) groups is 1. The molecule has 1 amide bonds. The van der Waals surface area contributed by atoms with Crippen LogP contribution in [0.15, 0.2) is 34.9 Å². The molecule has 1 fully saturated rings. The summed E-state index contributed by atoms with van der Waals surface area (Å²) in [7, 11) is 0. The largest absolute Gasteiger partial charge is 0.307 e. The van der Waals surface area contributed by atoms with E-state index in [2.05, 4.69) is 26.3 Å². The van der Waals surface area contributed by atoms with Crippen LogP contribution in [-0.4, -0.2) is 15.7 Å². The van der Waals surface area contributed by atoms with Crippen molar-refractivity contribution in [2.24, 2.45) is 0 Å². The molecular weight excluding hydrogens is 337 g/mol. The molecule has 0 aliphatic heterocycles. The van der Waals surface area contributed by atoms with Gasteiger partial charge in [-0.25, -0.2) is 9.07 Å². The number of nitrogens with one attached hydrogen (secondary N) is 1. The number of carbonyl (C=O) groups excluding carboxylic acids is 1. The predicted octanol–water partition coefficient (Wildman–Crippen LogP) is 4.15. The SMILES string of the molecule is O=C(Nc1ccnn1C1CCCC1)c1cc(F)ccc1Br. The van der Waals surface area contributed by atoms with Crippen molar-refractivity contribution in [3.63, 3.8) is 0 Å². The van der Waals surface area contributed by atoms with E-state index in [-0.39, 0.29) is 11.5 Å². The maximum absolute atomic E-state index is 13.3. The van der Waals surface area contributed by atoms with Crippen LogP contribution < -0.4 is 5.32 Å². The molecule has 2 aromatic rings. The van der Waals surface area contributed by atoms with Gasteiger partial charge in [0.25, 0.3) is 5.91 Å². The number of benzene rings is 1. The van der Waals surface area contributed by atoms with Gasteiger partial charge in [-0.15, -0.1) is 0 Å². The second-order valence-electron chi connectivity index (χ2n) is 5.18. The highest BCUT2D eigenvalue weighted by Gasteiger charge is 2.21. The first-order chi connectivity index (χ1) is 10.1. The molecule has 0 spiro atoms. The Labute approximate surface area is 130 Å². The zero-order chi connectivity index (χ0) is 14.8. The fraction of sp³-hybridized carbons (Fsp3) is 0.333. The molecule has 0 bridgehead atoms. The number of rotatable bonds is 3. The number of aromatic nitrogens is 2. The van der Waals surface area contributed by atoms with E-state index in [1.54, 1.807) is 12.3 Å². The second kappa shape index (κ2) is 5.97. The third-order valence-corrected chi connectivity index (χ3v) is 4.45. The van der Waals surface area contributed by atoms with Crippen LogP contribution in [-0.2, 0) is 0 Å². The summed E-state index contributed by atoms with van der Waals surface area (Å²) >= 11 is 3.27. The predicted molar refractivity (Wildman–Crippen MR) is 81.8 cm³/mol. The fourth-order valence-corrected chi connectivity index (χ4v) is 3.13. The molecule has 1 saturated carbocycles. The smallest absolute Gasteiger partial charge is 0.258 e. The molecule has 1 aromatic carbocycles. The van der Waals surface area contributed by atoms with Gasteiger partial charge in [0.1, 0.15) is 11.6 Å². The summed E-state index contributed by atoms with van der Waals surface area (Å²) in [4.78, 5) is 12.3. The van der Waals surface area contributed by atoms with E-state index in [9.17, 15) is 9.18 Å². The van der Waals surface area contributed by atoms with E-state index >= 15 is 0 Å². The van der Waals surface area contributed by atoms with Crippen LogP contribution in [0, 0.1) is 5.82 Å². The van der Waals surface area contributed by atoms with Gasteiger partial charge >= 0.3 is 0 Å². The first-order valence-corrected chi connectivity index (χ1v) is 7.74. The van der Waals surface area contributed by atoms with E-state index in [4.69, 9.17) is 0 Å². The Balaban J connectivity index is 1.82. The normalized spacial score (nSPS) is 15.3. The van der Waals surface area contributed by atoms with Crippen LogP contribution in [0.4, 0.5) is 10.2 Å². The molecule has 3 rings (SSSR count). The van der Waals surface area contributed by atoms with Gasteiger partial charge < -0.3 is 5.32 Å². The summed E-state index contributed by atoms with van der Waals surface area (Å²) in [5, 5.41) is 7.12. The minimum absolute atomic E-state index is 0.272. The molecule has 1 aliphatic rings. The van der Waals surface area contributed by atoms with E-state index in [0.717, 1.165) is 12.8 Å². The van der Waals surface area contributed by atoms with Gasteiger partial charge in [-0.1, -0.05) is 12.8 Å². The average Bonchev–Trinajstić information content (AvgIpc) is 3.11. The van der Waals surface area contributed by atoms with E-state index in [1.165, 1.54) is 31.0 Å². The summed E-state index contributed by atoms with van der Waals surface area (Å²) in [5.41, 5.74) is 0.272. The number of hydrogen-bond acceptors (Lipinski definition) is 2. The van der Waals surface area contributed by atoms with Gasteiger partial charge in [0, 0.05) is 10.5 Å². The van der Waals surface area contributed by atoms with Crippen molar-refractivity contribution in [3.05, 3.63) is 46.3 Å². The summed E-state index contributed by atoms with van der Waals surface area (Å²) in [6.45, 7) is 0. The quantitative estimate of drug-likeness (QED) is 0.902. The Morgan fingerprint density at radius 1 is 1.33 bits per heavy atom. The van der Waals surface area contributed by atoms with Gasteiger partial charge in [0.15, 0.2) is 0 Å². The number of halogens is 2. The molecular formula is C15H15BrFN3O. The number of hydrogen-bond donors (Lipinski definition) is 1. The van der Waals surface area contributed by atoms with Crippen LogP contribution in [0.5, 0.6) is 0 Å². The van der Waals surface area contributed by atoms with Gasteiger partial charge in [0.2, 0.25) is 0 Å². The number of nitrogens with zero attached hydrogens (tertiary/aromatic N) is 2. The summed E-state index contributed by atoms with van der Waals surface area (Å²) in [6.07, 6.45) is 6.21. The second-order valence-corrected chi connectivity index (χ2v) is 6.03. The Bertz CT molecular complexity index is 665. The Hall–Kier alpha value is -1.69. The zero-order valence-electron chi connectivity index (χ0n) is 11.4. The molecule has 21 heavy (non-hydrogen) atoms. The maximum Gasteiger partial charge on any atom is 0.258 e. The van der Waals surface area contributed by atoms with Gasteiger partial charge in [-0.2, -0.15) is 5.10 Å². The molecule has 0 unspecified atom stereocenters. The van der Waals surface area contributed by atoms with Crippen LogP contribution in [0.25, 0.3) is 0 Å². The van der Waals surface area contributed by atoms with Gasteiger partial charge in [-0.05, 0) is 47.0 Å². The van der Waals surface area contributed by atoms with Crippen molar-refractivity contribution < 1.29 is 9.18 Å².